The molecule has 2 fully saturated rings. The molecule has 2 unspecified atom stereocenters. The molecular formula is C16H24N2O. The van der Waals surface area contributed by atoms with Crippen LogP contribution in [0.5, 0.6) is 5.75 Å². The average Bonchev–Trinajstić information content (AvgIpc) is 2.83. The summed E-state index contributed by atoms with van der Waals surface area (Å²) < 4.78 is 0. The molecule has 3 rings (SSSR count). The summed E-state index contributed by atoms with van der Waals surface area (Å²) in [6.45, 7) is 6.55. The molecule has 0 bridgehead atoms. The van der Waals surface area contributed by atoms with Crippen LogP contribution in [0.25, 0.3) is 0 Å². The summed E-state index contributed by atoms with van der Waals surface area (Å²) in [5.41, 5.74) is 3.27. The molecule has 0 spiro atoms. The van der Waals surface area contributed by atoms with Crippen LogP contribution in [-0.2, 0) is 0 Å². The van der Waals surface area contributed by atoms with Crippen molar-refractivity contribution >= 4 is 5.69 Å². The van der Waals surface area contributed by atoms with E-state index >= 15 is 0 Å². The van der Waals surface area contributed by atoms with Gasteiger partial charge in [-0.2, -0.15) is 0 Å². The maximum Gasteiger partial charge on any atom is 0.118 e. The second-order valence-corrected chi connectivity index (χ2v) is 6.15. The summed E-state index contributed by atoms with van der Waals surface area (Å²) in [6, 6.07) is 5.32. The number of benzene rings is 1. The van der Waals surface area contributed by atoms with E-state index in [-0.39, 0.29) is 0 Å². The van der Waals surface area contributed by atoms with E-state index in [0.717, 1.165) is 17.2 Å². The first-order valence-electron chi connectivity index (χ1n) is 7.44. The Hall–Kier alpha value is -1.22. The van der Waals surface area contributed by atoms with Crippen LogP contribution in [0.15, 0.2) is 12.1 Å². The van der Waals surface area contributed by atoms with Gasteiger partial charge in [-0.3, -0.25) is 0 Å². The minimum Gasteiger partial charge on any atom is -0.508 e. The number of hydrogen-bond acceptors (Lipinski definition) is 3. The molecule has 104 valence electrons. The van der Waals surface area contributed by atoms with Crippen molar-refractivity contribution in [2.75, 3.05) is 18.4 Å². The Morgan fingerprint density at radius 2 is 2.00 bits per heavy atom. The lowest BCUT2D eigenvalue weighted by Gasteiger charge is -2.36. The standard InChI is InChI=1S/C16H24N2O/c1-11-9-16(19)12(2)8-15(11)17-13-5-7-18-6-3-4-14(18)10-13/h8-9,13-14,17,19H,3-7,10H2,1-2H3. The van der Waals surface area contributed by atoms with Crippen LogP contribution in [0.4, 0.5) is 5.69 Å². The predicted octanol–water partition coefficient (Wildman–Crippen LogP) is 3.05. The SMILES string of the molecule is Cc1cc(NC2CCN3CCCC3C2)c(C)cc1O. The molecule has 3 nitrogen and oxygen atoms in total. The van der Waals surface area contributed by atoms with Gasteiger partial charge in [0, 0.05) is 24.3 Å². The number of rotatable bonds is 2. The van der Waals surface area contributed by atoms with Crippen molar-refractivity contribution in [3.63, 3.8) is 0 Å². The molecule has 0 radical (unpaired) electrons. The first kappa shape index (κ1) is 12.8. The van der Waals surface area contributed by atoms with Crippen LogP contribution in [0, 0.1) is 13.8 Å². The molecule has 1 aromatic carbocycles. The number of fused-ring (bicyclic) bond motifs is 1. The lowest BCUT2D eigenvalue weighted by Crippen LogP contribution is -2.42. The van der Waals surface area contributed by atoms with E-state index in [9.17, 15) is 5.11 Å². The van der Waals surface area contributed by atoms with Crippen molar-refractivity contribution < 1.29 is 5.11 Å². The van der Waals surface area contributed by atoms with Crippen molar-refractivity contribution in [1.29, 1.82) is 0 Å². The number of nitrogens with zero attached hydrogens (tertiary/aromatic N) is 1. The quantitative estimate of drug-likeness (QED) is 0.802. The van der Waals surface area contributed by atoms with Gasteiger partial charge in [-0.25, -0.2) is 0 Å². The molecule has 0 aromatic heterocycles. The van der Waals surface area contributed by atoms with Crippen LogP contribution >= 0.6 is 0 Å². The van der Waals surface area contributed by atoms with Gasteiger partial charge in [-0.15, -0.1) is 0 Å². The molecule has 2 aliphatic rings. The van der Waals surface area contributed by atoms with E-state index < -0.39 is 0 Å². The van der Waals surface area contributed by atoms with E-state index in [1.54, 1.807) is 0 Å². The van der Waals surface area contributed by atoms with Crippen molar-refractivity contribution in [1.82, 2.24) is 4.90 Å². The molecule has 3 heteroatoms. The summed E-state index contributed by atoms with van der Waals surface area (Å²) in [6.07, 6.45) is 5.23. The third kappa shape index (κ3) is 2.57. The summed E-state index contributed by atoms with van der Waals surface area (Å²) >= 11 is 0. The number of phenols is 1. The maximum absolute atomic E-state index is 9.72. The highest BCUT2D eigenvalue weighted by Crippen LogP contribution is 2.31. The van der Waals surface area contributed by atoms with E-state index in [4.69, 9.17) is 0 Å². The monoisotopic (exact) mass is 260 g/mol. The van der Waals surface area contributed by atoms with Gasteiger partial charge in [-0.1, -0.05) is 0 Å². The molecule has 0 amide bonds. The first-order chi connectivity index (χ1) is 9.13. The fourth-order valence-electron chi connectivity index (χ4n) is 3.53. The van der Waals surface area contributed by atoms with Gasteiger partial charge in [0.1, 0.15) is 5.75 Å². The molecule has 0 saturated carbocycles. The Morgan fingerprint density at radius 3 is 2.84 bits per heavy atom. The van der Waals surface area contributed by atoms with Crippen molar-refractivity contribution in [2.24, 2.45) is 0 Å². The van der Waals surface area contributed by atoms with E-state index in [0.29, 0.717) is 11.8 Å². The molecule has 2 heterocycles. The van der Waals surface area contributed by atoms with Gasteiger partial charge >= 0.3 is 0 Å². The lowest BCUT2D eigenvalue weighted by atomic mass is 9.97. The zero-order valence-electron chi connectivity index (χ0n) is 11.9. The number of aromatic hydroxyl groups is 1. The minimum atomic E-state index is 0.397. The highest BCUT2D eigenvalue weighted by Gasteiger charge is 2.31. The van der Waals surface area contributed by atoms with Crippen molar-refractivity contribution in [3.8, 4) is 5.75 Å². The number of anilines is 1. The highest BCUT2D eigenvalue weighted by atomic mass is 16.3. The summed E-state index contributed by atoms with van der Waals surface area (Å²) in [4.78, 5) is 2.65. The highest BCUT2D eigenvalue weighted by molar-refractivity contribution is 5.57. The van der Waals surface area contributed by atoms with Crippen LogP contribution in [0.3, 0.4) is 0 Å². The van der Waals surface area contributed by atoms with Crippen molar-refractivity contribution in [2.45, 2.75) is 51.6 Å². The lowest BCUT2D eigenvalue weighted by molar-refractivity contribution is 0.188. The number of hydrogen-bond donors (Lipinski definition) is 2. The summed E-state index contributed by atoms with van der Waals surface area (Å²) in [5, 5.41) is 13.4. The van der Waals surface area contributed by atoms with Crippen LogP contribution in [-0.4, -0.2) is 35.2 Å². The van der Waals surface area contributed by atoms with E-state index in [1.807, 2.05) is 13.0 Å². The second-order valence-electron chi connectivity index (χ2n) is 6.15. The molecule has 1 aromatic rings. The van der Waals surface area contributed by atoms with E-state index in [2.05, 4.69) is 23.2 Å². The fourth-order valence-corrected chi connectivity index (χ4v) is 3.53. The van der Waals surface area contributed by atoms with Gasteiger partial charge in [0.2, 0.25) is 0 Å². The molecule has 2 atom stereocenters. The number of nitrogens with one attached hydrogen (secondary N) is 1. The van der Waals surface area contributed by atoms with Gasteiger partial charge in [0.15, 0.2) is 0 Å². The van der Waals surface area contributed by atoms with Crippen LogP contribution in [0.2, 0.25) is 0 Å². The average molecular weight is 260 g/mol. The number of aryl methyl sites for hydroxylation is 2. The number of phenolic OH excluding ortho intramolecular Hbond substituents is 1. The Balaban J connectivity index is 1.70. The topological polar surface area (TPSA) is 35.5 Å². The third-order valence-electron chi connectivity index (χ3n) is 4.72. The molecular weight excluding hydrogens is 236 g/mol. The zero-order valence-corrected chi connectivity index (χ0v) is 11.9. The smallest absolute Gasteiger partial charge is 0.118 e. The van der Waals surface area contributed by atoms with Crippen molar-refractivity contribution in [3.05, 3.63) is 23.3 Å². The molecule has 2 N–H and O–H groups in total. The number of piperidine rings is 1. The Morgan fingerprint density at radius 1 is 1.16 bits per heavy atom. The minimum absolute atomic E-state index is 0.397. The Bertz CT molecular complexity index is 472. The largest absolute Gasteiger partial charge is 0.508 e. The molecule has 2 saturated heterocycles. The van der Waals surface area contributed by atoms with E-state index in [1.165, 1.54) is 44.5 Å². The summed E-state index contributed by atoms with van der Waals surface area (Å²) in [7, 11) is 0. The van der Waals surface area contributed by atoms with Gasteiger partial charge < -0.3 is 15.3 Å². The van der Waals surface area contributed by atoms with Gasteiger partial charge in [0.05, 0.1) is 0 Å². The fraction of sp³-hybridized carbons (Fsp3) is 0.625. The molecule has 19 heavy (non-hydrogen) atoms. The third-order valence-corrected chi connectivity index (χ3v) is 4.72. The van der Waals surface area contributed by atoms with Gasteiger partial charge in [0.25, 0.3) is 0 Å². The molecule has 0 aliphatic carbocycles. The van der Waals surface area contributed by atoms with Crippen LogP contribution < -0.4 is 5.32 Å². The zero-order chi connectivity index (χ0) is 13.4. The normalized spacial score (nSPS) is 27.3. The molecule has 2 aliphatic heterocycles. The predicted molar refractivity (Wildman–Crippen MR) is 78.8 cm³/mol. The summed E-state index contributed by atoms with van der Waals surface area (Å²) in [5.74, 6) is 0.397. The van der Waals surface area contributed by atoms with Gasteiger partial charge in [-0.05, 0) is 69.3 Å². The Kier molecular flexibility index (Phi) is 3.40. The Labute approximate surface area is 115 Å². The first-order valence-corrected chi connectivity index (χ1v) is 7.44. The second kappa shape index (κ2) is 5.04. The van der Waals surface area contributed by atoms with Crippen LogP contribution in [0.1, 0.15) is 36.8 Å². The maximum atomic E-state index is 9.72.